The second kappa shape index (κ2) is 7.34. The highest BCUT2D eigenvalue weighted by Crippen LogP contribution is 2.06. The number of hydrogen-bond donors (Lipinski definition) is 2. The molecule has 2 aromatic heterocycles. The van der Waals surface area contributed by atoms with Gasteiger partial charge in [-0.3, -0.25) is 4.68 Å². The molecule has 9 heteroatoms. The first kappa shape index (κ1) is 15.7. The second-order valence-corrected chi connectivity index (χ2v) is 6.36. The molecule has 0 aliphatic carbocycles. The molecule has 0 fully saturated rings. The molecule has 2 aromatic rings. The van der Waals surface area contributed by atoms with Gasteiger partial charge in [0.1, 0.15) is 4.90 Å². The third-order valence-corrected chi connectivity index (χ3v) is 4.37. The van der Waals surface area contributed by atoms with Crippen LogP contribution in [0.5, 0.6) is 0 Å². The molecule has 0 amide bonds. The molecule has 0 bridgehead atoms. The summed E-state index contributed by atoms with van der Waals surface area (Å²) in [5.41, 5.74) is 0. The van der Waals surface area contributed by atoms with E-state index in [-0.39, 0.29) is 4.90 Å². The van der Waals surface area contributed by atoms with Crippen molar-refractivity contribution in [3.8, 4) is 0 Å². The minimum atomic E-state index is -3.48. The van der Waals surface area contributed by atoms with E-state index >= 15 is 0 Å². The molecule has 0 saturated heterocycles. The number of nitrogens with zero attached hydrogens (tertiary/aromatic N) is 4. The Morgan fingerprint density at radius 2 is 2.14 bits per heavy atom. The van der Waals surface area contributed by atoms with E-state index in [1.165, 1.54) is 12.4 Å². The maximum Gasteiger partial charge on any atom is 0.243 e. The van der Waals surface area contributed by atoms with Crippen LogP contribution in [-0.4, -0.2) is 47.9 Å². The Hall–Kier alpha value is -1.71. The molecular formula is C12H20N6O2S. The third-order valence-electron chi connectivity index (χ3n) is 2.96. The lowest BCUT2D eigenvalue weighted by Crippen LogP contribution is -2.25. The molecule has 21 heavy (non-hydrogen) atoms. The Balaban J connectivity index is 1.82. The van der Waals surface area contributed by atoms with E-state index in [1.807, 2.05) is 17.8 Å². The molecule has 0 aliphatic rings. The molecule has 2 rings (SSSR count). The van der Waals surface area contributed by atoms with Gasteiger partial charge in [0, 0.05) is 38.2 Å². The van der Waals surface area contributed by atoms with Crippen molar-refractivity contribution in [1.82, 2.24) is 29.4 Å². The molecular weight excluding hydrogens is 292 g/mol. The zero-order valence-electron chi connectivity index (χ0n) is 11.9. The van der Waals surface area contributed by atoms with Crippen LogP contribution in [0.3, 0.4) is 0 Å². The van der Waals surface area contributed by atoms with Crippen LogP contribution in [0.4, 0.5) is 0 Å². The predicted molar refractivity (Wildman–Crippen MR) is 78.2 cm³/mol. The molecule has 0 aliphatic heterocycles. The maximum absolute atomic E-state index is 12.1. The van der Waals surface area contributed by atoms with Crippen molar-refractivity contribution in [2.24, 2.45) is 0 Å². The maximum atomic E-state index is 12.1. The van der Waals surface area contributed by atoms with E-state index in [0.717, 1.165) is 13.1 Å². The fourth-order valence-electron chi connectivity index (χ4n) is 1.80. The zero-order valence-corrected chi connectivity index (χ0v) is 12.8. The van der Waals surface area contributed by atoms with Crippen LogP contribution in [0.25, 0.3) is 0 Å². The zero-order chi connectivity index (χ0) is 15.1. The molecule has 0 unspecified atom stereocenters. The predicted octanol–water partition coefficient (Wildman–Crippen LogP) is -0.332. The highest BCUT2D eigenvalue weighted by molar-refractivity contribution is 7.89. The largest absolute Gasteiger partial charge is 0.337 e. The number of nitrogens with one attached hydrogen (secondary N) is 2. The minimum Gasteiger partial charge on any atom is -0.337 e. The van der Waals surface area contributed by atoms with E-state index in [0.29, 0.717) is 19.5 Å². The highest BCUT2D eigenvalue weighted by Gasteiger charge is 2.15. The molecule has 116 valence electrons. The van der Waals surface area contributed by atoms with Crippen molar-refractivity contribution in [2.45, 2.75) is 24.4 Å². The van der Waals surface area contributed by atoms with E-state index in [4.69, 9.17) is 0 Å². The van der Waals surface area contributed by atoms with Gasteiger partial charge in [-0.05, 0) is 13.5 Å². The standard InChI is InChI=1S/C12H20N6O2S/c1-13-4-8-18-10-12(9-15-18)21(19,20)16-3-2-6-17-7-5-14-11-17/h5,7,9-11,13,16H,2-4,6,8H2,1H3. The number of sulfonamides is 1. The quantitative estimate of drug-likeness (QED) is 0.618. The smallest absolute Gasteiger partial charge is 0.243 e. The molecule has 0 aromatic carbocycles. The van der Waals surface area contributed by atoms with E-state index in [1.54, 1.807) is 17.2 Å². The van der Waals surface area contributed by atoms with Crippen LogP contribution in [0.2, 0.25) is 0 Å². The van der Waals surface area contributed by atoms with Crippen LogP contribution >= 0.6 is 0 Å². The van der Waals surface area contributed by atoms with Crippen molar-refractivity contribution >= 4 is 10.0 Å². The van der Waals surface area contributed by atoms with Crippen molar-refractivity contribution < 1.29 is 8.42 Å². The Kier molecular flexibility index (Phi) is 5.48. The van der Waals surface area contributed by atoms with Gasteiger partial charge < -0.3 is 9.88 Å². The lowest BCUT2D eigenvalue weighted by Gasteiger charge is -2.05. The first-order valence-corrected chi connectivity index (χ1v) is 8.22. The lowest BCUT2D eigenvalue weighted by atomic mass is 10.4. The van der Waals surface area contributed by atoms with Crippen molar-refractivity contribution in [3.63, 3.8) is 0 Å². The van der Waals surface area contributed by atoms with Crippen LogP contribution < -0.4 is 10.0 Å². The summed E-state index contributed by atoms with van der Waals surface area (Å²) in [7, 11) is -1.65. The van der Waals surface area contributed by atoms with Gasteiger partial charge in [0.2, 0.25) is 10.0 Å². The molecule has 2 heterocycles. The summed E-state index contributed by atoms with van der Waals surface area (Å²) in [5.74, 6) is 0. The van der Waals surface area contributed by atoms with Crippen LogP contribution in [0.15, 0.2) is 36.0 Å². The van der Waals surface area contributed by atoms with Gasteiger partial charge in [-0.25, -0.2) is 18.1 Å². The molecule has 0 atom stereocenters. The fraction of sp³-hybridized carbons (Fsp3) is 0.500. The number of rotatable bonds is 9. The van der Waals surface area contributed by atoms with Crippen molar-refractivity contribution in [1.29, 1.82) is 0 Å². The number of hydrogen-bond acceptors (Lipinski definition) is 5. The SMILES string of the molecule is CNCCn1cc(S(=O)(=O)NCCCn2ccnc2)cn1. The molecule has 0 spiro atoms. The summed E-state index contributed by atoms with van der Waals surface area (Å²) < 4.78 is 30.3. The Bertz CT molecular complexity index is 635. The van der Waals surface area contributed by atoms with Gasteiger partial charge in [0.05, 0.1) is 19.1 Å². The number of likely N-dealkylation sites (N-methyl/N-ethyl adjacent to an activating group) is 1. The molecule has 8 nitrogen and oxygen atoms in total. The first-order valence-electron chi connectivity index (χ1n) is 6.74. The summed E-state index contributed by atoms with van der Waals surface area (Å²) in [6, 6.07) is 0. The van der Waals surface area contributed by atoms with Crippen LogP contribution in [-0.2, 0) is 23.1 Å². The summed E-state index contributed by atoms with van der Waals surface area (Å²) >= 11 is 0. The van der Waals surface area contributed by atoms with Gasteiger partial charge in [0.15, 0.2) is 0 Å². The number of aryl methyl sites for hydroxylation is 1. The van der Waals surface area contributed by atoms with Crippen LogP contribution in [0.1, 0.15) is 6.42 Å². The normalized spacial score (nSPS) is 11.9. The van der Waals surface area contributed by atoms with Crippen LogP contribution in [0, 0.1) is 0 Å². The fourth-order valence-corrected chi connectivity index (χ4v) is 2.83. The lowest BCUT2D eigenvalue weighted by molar-refractivity contribution is 0.567. The number of aromatic nitrogens is 4. The summed E-state index contributed by atoms with van der Waals surface area (Å²) in [4.78, 5) is 4.13. The van der Waals surface area contributed by atoms with Gasteiger partial charge in [-0.2, -0.15) is 5.10 Å². The number of imidazole rings is 1. The topological polar surface area (TPSA) is 93.8 Å². The van der Waals surface area contributed by atoms with E-state index in [9.17, 15) is 8.42 Å². The average Bonchev–Trinajstić information content (AvgIpc) is 3.13. The Morgan fingerprint density at radius 3 is 2.86 bits per heavy atom. The molecule has 2 N–H and O–H groups in total. The van der Waals surface area contributed by atoms with E-state index < -0.39 is 10.0 Å². The van der Waals surface area contributed by atoms with Gasteiger partial charge in [0.25, 0.3) is 0 Å². The second-order valence-electron chi connectivity index (χ2n) is 4.59. The average molecular weight is 312 g/mol. The summed E-state index contributed by atoms with van der Waals surface area (Å²) in [6.45, 7) is 2.47. The first-order chi connectivity index (χ1) is 10.1. The molecule has 0 saturated carbocycles. The Morgan fingerprint density at radius 1 is 1.29 bits per heavy atom. The van der Waals surface area contributed by atoms with Gasteiger partial charge >= 0.3 is 0 Å². The highest BCUT2D eigenvalue weighted by atomic mass is 32.2. The third kappa shape index (κ3) is 4.66. The Labute approximate surface area is 124 Å². The monoisotopic (exact) mass is 312 g/mol. The summed E-state index contributed by atoms with van der Waals surface area (Å²) in [5, 5.41) is 7.02. The summed E-state index contributed by atoms with van der Waals surface area (Å²) in [6.07, 6.45) is 8.86. The molecule has 0 radical (unpaired) electrons. The van der Waals surface area contributed by atoms with Gasteiger partial charge in [-0.15, -0.1) is 0 Å². The van der Waals surface area contributed by atoms with E-state index in [2.05, 4.69) is 20.1 Å². The minimum absolute atomic E-state index is 0.196. The van der Waals surface area contributed by atoms with Gasteiger partial charge in [-0.1, -0.05) is 0 Å². The van der Waals surface area contributed by atoms with Crippen molar-refractivity contribution in [3.05, 3.63) is 31.1 Å². The van der Waals surface area contributed by atoms with Crippen molar-refractivity contribution in [2.75, 3.05) is 20.1 Å².